The number of hydrogen-bond donors (Lipinski definition) is 2. The second-order valence-corrected chi connectivity index (χ2v) is 2.28. The maximum atomic E-state index is 11.7. The van der Waals surface area contributed by atoms with E-state index in [2.05, 4.69) is 10.0 Å². The quantitative estimate of drug-likeness (QED) is 0.411. The number of aliphatic carboxylic acids is 1. The lowest BCUT2D eigenvalue weighted by atomic mass is 10.3. The molecule has 2 N–H and O–H groups in total. The molecule has 1 amide bonds. The van der Waals surface area contributed by atoms with Crippen molar-refractivity contribution in [2.45, 2.75) is 12.2 Å². The SMILES string of the molecule is [N-]=[N+]=NCC(NC(=O)C(F)(F)F)C(=O)O. The van der Waals surface area contributed by atoms with Crippen LogP contribution in [0.25, 0.3) is 10.4 Å². The number of nitrogens with zero attached hydrogens (tertiary/aromatic N) is 3. The van der Waals surface area contributed by atoms with Crippen LogP contribution < -0.4 is 5.32 Å². The Hall–Kier alpha value is -1.96. The van der Waals surface area contributed by atoms with Crippen LogP contribution in [0.15, 0.2) is 5.11 Å². The Morgan fingerprint density at radius 2 is 2.07 bits per heavy atom. The van der Waals surface area contributed by atoms with Crippen molar-refractivity contribution in [3.05, 3.63) is 10.4 Å². The third kappa shape index (κ3) is 4.72. The van der Waals surface area contributed by atoms with Crippen molar-refractivity contribution in [1.82, 2.24) is 5.32 Å². The van der Waals surface area contributed by atoms with Gasteiger partial charge >= 0.3 is 18.1 Å². The summed E-state index contributed by atoms with van der Waals surface area (Å²) < 4.78 is 35.1. The van der Waals surface area contributed by atoms with E-state index in [1.54, 1.807) is 0 Å². The minimum absolute atomic E-state index is 0.798. The highest BCUT2D eigenvalue weighted by Crippen LogP contribution is 2.14. The summed E-state index contributed by atoms with van der Waals surface area (Å²) in [5.74, 6) is -4.12. The van der Waals surface area contributed by atoms with Crippen LogP contribution in [0.4, 0.5) is 13.2 Å². The number of carbonyl (C=O) groups is 2. The van der Waals surface area contributed by atoms with E-state index < -0.39 is 30.6 Å². The fraction of sp³-hybridized carbons (Fsp3) is 0.600. The lowest BCUT2D eigenvalue weighted by Gasteiger charge is -2.13. The summed E-state index contributed by atoms with van der Waals surface area (Å²) in [5, 5.41) is 12.3. The number of nitrogens with one attached hydrogen (secondary N) is 1. The van der Waals surface area contributed by atoms with E-state index in [4.69, 9.17) is 10.6 Å². The monoisotopic (exact) mass is 226 g/mol. The van der Waals surface area contributed by atoms with Crippen molar-refractivity contribution in [1.29, 1.82) is 0 Å². The largest absolute Gasteiger partial charge is 0.480 e. The molecule has 0 aliphatic heterocycles. The molecule has 84 valence electrons. The van der Waals surface area contributed by atoms with Gasteiger partial charge in [-0.3, -0.25) is 4.79 Å². The zero-order valence-corrected chi connectivity index (χ0v) is 7.02. The molecule has 0 aromatic rings. The molecule has 15 heavy (non-hydrogen) atoms. The third-order valence-electron chi connectivity index (χ3n) is 1.19. The van der Waals surface area contributed by atoms with E-state index in [0.29, 0.717) is 0 Å². The van der Waals surface area contributed by atoms with E-state index in [0.717, 1.165) is 5.32 Å². The van der Waals surface area contributed by atoms with Crippen molar-refractivity contribution in [2.24, 2.45) is 5.11 Å². The summed E-state index contributed by atoms with van der Waals surface area (Å²) >= 11 is 0. The Bertz CT molecular complexity index is 309. The molecular formula is C5H5F3N4O3. The van der Waals surface area contributed by atoms with Crippen molar-refractivity contribution in [3.8, 4) is 0 Å². The second-order valence-electron chi connectivity index (χ2n) is 2.28. The molecule has 0 rings (SSSR count). The van der Waals surface area contributed by atoms with Crippen LogP contribution in [0.5, 0.6) is 0 Å². The molecule has 0 heterocycles. The number of alkyl halides is 3. The van der Waals surface area contributed by atoms with E-state index in [-0.39, 0.29) is 0 Å². The van der Waals surface area contributed by atoms with Crippen LogP contribution in [0.1, 0.15) is 0 Å². The fourth-order valence-electron chi connectivity index (χ4n) is 0.544. The minimum atomic E-state index is -5.18. The van der Waals surface area contributed by atoms with Crippen molar-refractivity contribution in [3.63, 3.8) is 0 Å². The number of hydrogen-bond acceptors (Lipinski definition) is 3. The number of rotatable bonds is 4. The smallest absolute Gasteiger partial charge is 0.471 e. The van der Waals surface area contributed by atoms with E-state index in [1.807, 2.05) is 0 Å². The molecule has 1 atom stereocenters. The molecule has 0 aliphatic rings. The molecule has 0 aliphatic carbocycles. The summed E-state index contributed by atoms with van der Waals surface area (Å²) in [7, 11) is 0. The summed E-state index contributed by atoms with van der Waals surface area (Å²) in [6, 6.07) is -1.89. The van der Waals surface area contributed by atoms with Gasteiger partial charge in [0.15, 0.2) is 0 Å². The Morgan fingerprint density at radius 1 is 1.53 bits per heavy atom. The van der Waals surface area contributed by atoms with Gasteiger partial charge < -0.3 is 10.4 Å². The summed E-state index contributed by atoms with van der Waals surface area (Å²) in [5.41, 5.74) is 7.82. The Morgan fingerprint density at radius 3 is 2.40 bits per heavy atom. The van der Waals surface area contributed by atoms with E-state index in [1.165, 1.54) is 0 Å². The molecule has 0 fully saturated rings. The number of amides is 1. The van der Waals surface area contributed by atoms with Crippen molar-refractivity contribution >= 4 is 11.9 Å². The van der Waals surface area contributed by atoms with Crippen LogP contribution in [-0.2, 0) is 9.59 Å². The van der Waals surface area contributed by atoms with Gasteiger partial charge in [0.1, 0.15) is 6.04 Å². The number of halogens is 3. The molecule has 10 heteroatoms. The number of azide groups is 1. The van der Waals surface area contributed by atoms with Gasteiger partial charge in [0.05, 0.1) is 6.54 Å². The van der Waals surface area contributed by atoms with E-state index >= 15 is 0 Å². The van der Waals surface area contributed by atoms with Crippen LogP contribution in [-0.4, -0.2) is 35.7 Å². The first-order valence-corrected chi connectivity index (χ1v) is 3.40. The van der Waals surface area contributed by atoms with Gasteiger partial charge in [0, 0.05) is 4.91 Å². The van der Waals surface area contributed by atoms with E-state index in [9.17, 15) is 22.8 Å². The standard InChI is InChI=1S/C5H5F3N4O3/c6-5(7,8)4(15)11-2(3(13)14)1-10-12-9/h2H,1H2,(H,11,15)(H,13,14). The number of carboxylic acid groups (broad SMARTS) is 1. The maximum absolute atomic E-state index is 11.7. The molecule has 0 bridgehead atoms. The van der Waals surface area contributed by atoms with Crippen LogP contribution >= 0.6 is 0 Å². The van der Waals surface area contributed by atoms with Gasteiger partial charge in [0.25, 0.3) is 0 Å². The van der Waals surface area contributed by atoms with Crippen molar-refractivity contribution < 1.29 is 27.9 Å². The van der Waals surface area contributed by atoms with Crippen molar-refractivity contribution in [2.75, 3.05) is 6.54 Å². The number of carboxylic acids is 1. The summed E-state index contributed by atoms with van der Waals surface area (Å²) in [6.45, 7) is -0.798. The summed E-state index contributed by atoms with van der Waals surface area (Å²) in [4.78, 5) is 22.8. The van der Waals surface area contributed by atoms with Crippen LogP contribution in [0, 0.1) is 0 Å². The maximum Gasteiger partial charge on any atom is 0.471 e. The van der Waals surface area contributed by atoms with Crippen LogP contribution in [0.3, 0.4) is 0 Å². The first-order chi connectivity index (χ1) is 6.79. The molecule has 1 unspecified atom stereocenters. The molecule has 0 aromatic heterocycles. The molecule has 7 nitrogen and oxygen atoms in total. The van der Waals surface area contributed by atoms with Gasteiger partial charge in [-0.05, 0) is 5.53 Å². The Kier molecular flexibility index (Phi) is 4.39. The molecule has 0 spiro atoms. The molecule has 0 aromatic carbocycles. The first-order valence-electron chi connectivity index (χ1n) is 3.40. The Labute approximate surface area is 80.5 Å². The molecular weight excluding hydrogens is 221 g/mol. The number of carbonyl (C=O) groups excluding carboxylic acids is 1. The molecule has 0 radical (unpaired) electrons. The zero-order valence-electron chi connectivity index (χ0n) is 7.02. The predicted octanol–water partition coefficient (Wildman–Crippen LogP) is 0.428. The molecule has 0 saturated carbocycles. The topological polar surface area (TPSA) is 115 Å². The van der Waals surface area contributed by atoms with Gasteiger partial charge in [-0.25, -0.2) is 4.79 Å². The van der Waals surface area contributed by atoms with Crippen LogP contribution in [0.2, 0.25) is 0 Å². The molecule has 0 saturated heterocycles. The highest BCUT2D eigenvalue weighted by atomic mass is 19.4. The van der Waals surface area contributed by atoms with Gasteiger partial charge in [-0.2, -0.15) is 13.2 Å². The third-order valence-corrected chi connectivity index (χ3v) is 1.19. The lowest BCUT2D eigenvalue weighted by molar-refractivity contribution is -0.175. The predicted molar refractivity (Wildman–Crippen MR) is 39.6 cm³/mol. The highest BCUT2D eigenvalue weighted by molar-refractivity contribution is 5.87. The summed E-state index contributed by atoms with van der Waals surface area (Å²) in [6.07, 6.45) is -5.18. The average Bonchev–Trinajstić information content (AvgIpc) is 2.09. The fourth-order valence-corrected chi connectivity index (χ4v) is 0.544. The minimum Gasteiger partial charge on any atom is -0.480 e. The Balaban J connectivity index is 4.49. The second kappa shape index (κ2) is 5.05. The lowest BCUT2D eigenvalue weighted by Crippen LogP contribution is -2.48. The zero-order chi connectivity index (χ0) is 12.1. The first kappa shape index (κ1) is 13.0. The average molecular weight is 226 g/mol. The normalized spacial score (nSPS) is 12.5. The van der Waals surface area contributed by atoms with Gasteiger partial charge in [-0.1, -0.05) is 5.11 Å². The highest BCUT2D eigenvalue weighted by Gasteiger charge is 2.40. The van der Waals surface area contributed by atoms with Gasteiger partial charge in [0.2, 0.25) is 0 Å². The van der Waals surface area contributed by atoms with Gasteiger partial charge in [-0.15, -0.1) is 0 Å².